The Labute approximate surface area is 454 Å². The molecule has 0 radical (unpaired) electrons. The van der Waals surface area contributed by atoms with Crippen LogP contribution < -0.4 is 5.32 Å². The number of ether oxygens (including phenoxy) is 1. The van der Waals surface area contributed by atoms with Gasteiger partial charge in [-0.3, -0.25) is 4.79 Å². The zero-order valence-electron chi connectivity index (χ0n) is 42.2. The van der Waals surface area contributed by atoms with Crippen LogP contribution in [0.2, 0.25) is 10.0 Å². The van der Waals surface area contributed by atoms with Crippen LogP contribution in [0.15, 0.2) is 144 Å². The van der Waals surface area contributed by atoms with Crippen molar-refractivity contribution in [1.82, 2.24) is 38.1 Å². The summed E-state index contributed by atoms with van der Waals surface area (Å²) in [6, 6.07) is 31.4. The SMILES string of the molecule is CC(C)(C)OC(=O)N1CCC[C@@H](Cc2ncc(Cl)c(-c3cn(S(=O)(=O)c4ccccc4)c4ccccc34)n2)C1.O=CC(F)(F)F.O=S(=O)(c1ccccc1)n1cc(-c2nc(C[C@@H]3CCCNC3)ncc2Cl)c2ccccc21. The summed E-state index contributed by atoms with van der Waals surface area (Å²) in [6.07, 6.45) is 5.79. The van der Waals surface area contributed by atoms with Crippen molar-refractivity contribution in [2.24, 2.45) is 11.8 Å². The van der Waals surface area contributed by atoms with Crippen LogP contribution in [0.5, 0.6) is 0 Å². The predicted molar refractivity (Wildman–Crippen MR) is 290 cm³/mol. The highest BCUT2D eigenvalue weighted by atomic mass is 35.5. The molecule has 4 aromatic carbocycles. The number of aldehydes is 1. The third-order valence-corrected chi connectivity index (χ3v) is 16.6. The molecular weight excluding hydrogens is 1080 g/mol. The van der Waals surface area contributed by atoms with Gasteiger partial charge in [-0.1, -0.05) is 96.0 Å². The number of carbonyl (C=O) groups is 2. The zero-order chi connectivity index (χ0) is 55.1. The maximum absolute atomic E-state index is 13.5. The zero-order valence-corrected chi connectivity index (χ0v) is 45.3. The lowest BCUT2D eigenvalue weighted by Gasteiger charge is -2.34. The van der Waals surface area contributed by atoms with Gasteiger partial charge >= 0.3 is 12.3 Å². The molecule has 0 saturated carbocycles. The van der Waals surface area contributed by atoms with Crippen LogP contribution >= 0.6 is 23.2 Å². The summed E-state index contributed by atoms with van der Waals surface area (Å²) in [5, 5.41) is 5.65. The monoisotopic (exact) mass is 1130 g/mol. The summed E-state index contributed by atoms with van der Waals surface area (Å²) in [5.74, 6) is 1.96. The highest BCUT2D eigenvalue weighted by molar-refractivity contribution is 7.90. The highest BCUT2D eigenvalue weighted by Crippen LogP contribution is 2.38. The topological polar surface area (TPSA) is 188 Å². The van der Waals surface area contributed by atoms with Crippen molar-refractivity contribution in [1.29, 1.82) is 0 Å². The molecule has 2 fully saturated rings. The molecule has 2 aliphatic rings. The first-order valence-corrected chi connectivity index (χ1v) is 28.3. The Morgan fingerprint density at radius 3 is 1.57 bits per heavy atom. The number of piperidine rings is 2. The fourth-order valence-corrected chi connectivity index (χ4v) is 12.4. The standard InChI is InChI=1S/C29H31ClN4O4S.C24H23ClN4O2S.C2HF3O/c1-29(2,3)38-28(35)33-15-9-10-20(18-33)16-26-31-17-24(30)27(32-26)23-19-34(25-14-8-7-13-22(23)25)39(36,37)21-11-5-4-6-12-21;25-21-15-27-23(13-17-7-6-12-26-14-17)28-24(21)20-16-29(22-11-5-4-10-19(20)22)32(30,31)18-8-2-1-3-9-18;3-2(4,5)1-6/h4-8,11-14,17,19-20H,9-10,15-16,18H2,1-3H3;1-5,8-11,15-17,26H,6-7,12-14H2;1H/t20-;17-;/m00./s1. The molecule has 0 aliphatic carbocycles. The minimum absolute atomic E-state index is 0.167. The van der Waals surface area contributed by atoms with Gasteiger partial charge in [0.1, 0.15) is 17.2 Å². The molecule has 10 rings (SSSR count). The number of benzene rings is 4. The van der Waals surface area contributed by atoms with Gasteiger partial charge in [0, 0.05) is 72.6 Å². The predicted octanol–water partition coefficient (Wildman–Crippen LogP) is 11.5. The van der Waals surface area contributed by atoms with Gasteiger partial charge in [-0.15, -0.1) is 0 Å². The number of amides is 1. The van der Waals surface area contributed by atoms with E-state index in [9.17, 15) is 34.8 Å². The quantitative estimate of drug-likeness (QED) is 0.128. The second-order valence-electron chi connectivity index (χ2n) is 19.5. The van der Waals surface area contributed by atoms with Crippen molar-refractivity contribution in [3.05, 3.63) is 156 Å². The largest absolute Gasteiger partial charge is 0.446 e. The number of halogens is 5. The normalized spacial score (nSPS) is 16.2. The summed E-state index contributed by atoms with van der Waals surface area (Å²) in [4.78, 5) is 42.0. The maximum Gasteiger partial charge on any atom is 0.446 e. The van der Waals surface area contributed by atoms with E-state index in [2.05, 4.69) is 15.3 Å². The summed E-state index contributed by atoms with van der Waals surface area (Å²) < 4.78 is 93.3. The fraction of sp³-hybridized carbons (Fsp3) is 0.309. The van der Waals surface area contributed by atoms with E-state index < -0.39 is 38.1 Å². The Hall–Kier alpha value is -6.71. The van der Waals surface area contributed by atoms with Crippen LogP contribution in [0.1, 0.15) is 58.1 Å². The molecule has 2 saturated heterocycles. The molecule has 2 atom stereocenters. The summed E-state index contributed by atoms with van der Waals surface area (Å²) in [7, 11) is -7.62. The van der Waals surface area contributed by atoms with Crippen molar-refractivity contribution in [2.45, 2.75) is 80.9 Å². The minimum Gasteiger partial charge on any atom is -0.444 e. The number of aromatic nitrogens is 6. The first kappa shape index (κ1) is 56.5. The van der Waals surface area contributed by atoms with Crippen molar-refractivity contribution in [3.63, 3.8) is 0 Å². The smallest absolute Gasteiger partial charge is 0.444 e. The number of rotatable bonds is 10. The molecule has 4 aromatic heterocycles. The number of nitrogens with zero attached hydrogens (tertiary/aromatic N) is 7. The van der Waals surface area contributed by atoms with Gasteiger partial charge in [-0.05, 0) is 108 Å². The van der Waals surface area contributed by atoms with Crippen molar-refractivity contribution < 1.29 is 44.3 Å². The molecule has 8 aromatic rings. The molecule has 0 unspecified atom stereocenters. The lowest BCUT2D eigenvalue weighted by molar-refractivity contribution is -0.156. The molecule has 6 heterocycles. The molecule has 1 amide bonds. The summed E-state index contributed by atoms with van der Waals surface area (Å²) in [6.45, 7) is 8.80. The van der Waals surface area contributed by atoms with Gasteiger partial charge in [0.2, 0.25) is 6.29 Å². The fourth-order valence-electron chi connectivity index (χ4n) is 9.21. The van der Waals surface area contributed by atoms with E-state index in [4.69, 9.17) is 42.7 Å². The molecule has 1 N–H and O–H groups in total. The minimum atomic E-state index is -4.64. The number of nitrogens with one attached hydrogen (secondary N) is 1. The molecular formula is C55H55Cl2F3N8O7S2. The molecule has 77 heavy (non-hydrogen) atoms. The molecule has 22 heteroatoms. The molecule has 404 valence electrons. The van der Waals surface area contributed by atoms with Crippen molar-refractivity contribution in [3.8, 4) is 22.5 Å². The third kappa shape index (κ3) is 13.7. The van der Waals surface area contributed by atoms with Crippen LogP contribution in [0, 0.1) is 11.8 Å². The number of hydrogen-bond acceptors (Lipinski definition) is 12. The van der Waals surface area contributed by atoms with Crippen LogP contribution in [-0.4, -0.2) is 100.0 Å². The molecule has 15 nitrogen and oxygen atoms in total. The van der Waals surface area contributed by atoms with Crippen molar-refractivity contribution in [2.75, 3.05) is 26.2 Å². The molecule has 0 bridgehead atoms. The van der Waals surface area contributed by atoms with E-state index in [1.165, 1.54) is 7.94 Å². The third-order valence-electron chi connectivity index (χ3n) is 12.7. The Bertz CT molecular complexity index is 3610. The average molecular weight is 1130 g/mol. The van der Waals surface area contributed by atoms with Gasteiger partial charge in [0.15, 0.2) is 0 Å². The lowest BCUT2D eigenvalue weighted by atomic mass is 9.94. The van der Waals surface area contributed by atoms with Crippen LogP contribution in [0.25, 0.3) is 44.3 Å². The van der Waals surface area contributed by atoms with Crippen LogP contribution in [0.4, 0.5) is 18.0 Å². The Morgan fingerprint density at radius 2 is 1.13 bits per heavy atom. The van der Waals surface area contributed by atoms with E-state index in [1.54, 1.807) is 109 Å². The van der Waals surface area contributed by atoms with Crippen LogP contribution in [0.3, 0.4) is 0 Å². The lowest BCUT2D eigenvalue weighted by Crippen LogP contribution is -2.43. The second kappa shape index (κ2) is 23.9. The molecule has 0 spiro atoms. The number of para-hydroxylation sites is 2. The second-order valence-corrected chi connectivity index (χ2v) is 24.0. The van der Waals surface area contributed by atoms with Gasteiger partial charge in [-0.25, -0.2) is 49.5 Å². The van der Waals surface area contributed by atoms with E-state index in [0.717, 1.165) is 61.8 Å². The number of fused-ring (bicyclic) bond motifs is 2. The number of hydrogen-bond donors (Lipinski definition) is 1. The molecule has 2 aliphatic heterocycles. The number of carbonyl (C=O) groups excluding carboxylic acids is 2. The Balaban J connectivity index is 0.000000187. The van der Waals surface area contributed by atoms with Gasteiger partial charge in [0.05, 0.1) is 42.3 Å². The highest BCUT2D eigenvalue weighted by Gasteiger charge is 2.30. The van der Waals surface area contributed by atoms with E-state index in [1.807, 2.05) is 51.1 Å². The van der Waals surface area contributed by atoms with Gasteiger partial charge in [-0.2, -0.15) is 13.2 Å². The Kier molecular flexibility index (Phi) is 17.5. The van der Waals surface area contributed by atoms with E-state index in [0.29, 0.717) is 74.8 Å². The summed E-state index contributed by atoms with van der Waals surface area (Å²) in [5.41, 5.74) is 2.88. The first-order chi connectivity index (χ1) is 36.6. The maximum atomic E-state index is 13.5. The van der Waals surface area contributed by atoms with E-state index >= 15 is 0 Å². The number of likely N-dealkylation sites (tertiary alicyclic amines) is 1. The number of alkyl halides is 3. The summed E-state index contributed by atoms with van der Waals surface area (Å²) >= 11 is 13.1. The van der Waals surface area contributed by atoms with E-state index in [-0.39, 0.29) is 21.8 Å². The van der Waals surface area contributed by atoms with Crippen molar-refractivity contribution >= 4 is 77.4 Å². The van der Waals surface area contributed by atoms with Gasteiger partial charge in [0.25, 0.3) is 20.0 Å². The van der Waals surface area contributed by atoms with Gasteiger partial charge < -0.3 is 15.0 Å². The van der Waals surface area contributed by atoms with Crippen LogP contribution in [-0.2, 0) is 42.4 Å². The first-order valence-electron chi connectivity index (χ1n) is 24.7. The Morgan fingerprint density at radius 1 is 0.688 bits per heavy atom. The average Bonchev–Trinajstić information content (AvgIpc) is 4.18.